The first kappa shape index (κ1) is 16.9. The van der Waals surface area contributed by atoms with Crippen LogP contribution in [0.1, 0.15) is 16.7 Å². The summed E-state index contributed by atoms with van der Waals surface area (Å²) in [4.78, 5) is 0. The third kappa shape index (κ3) is 4.14. The molecule has 0 amide bonds. The fourth-order valence-corrected chi connectivity index (χ4v) is 2.68. The number of rotatable bonds is 5. The number of benzene rings is 3. The fourth-order valence-electron chi connectivity index (χ4n) is 2.62. The molecule has 0 bridgehead atoms. The van der Waals surface area contributed by atoms with Crippen LogP contribution in [-0.2, 0) is 6.61 Å². The molecule has 0 radical (unpaired) electrons. The van der Waals surface area contributed by atoms with Crippen molar-refractivity contribution in [1.82, 2.24) is 5.43 Å². The second-order valence-electron chi connectivity index (χ2n) is 5.65. The van der Waals surface area contributed by atoms with Gasteiger partial charge in [-0.05, 0) is 47.1 Å². The molecule has 0 saturated carbocycles. The summed E-state index contributed by atoms with van der Waals surface area (Å²) in [6.07, 6.45) is 1.69. The Kier molecular flexibility index (Phi) is 5.26. The molecule has 3 N–H and O–H groups in total. The fraction of sp³-hybridized carbons (Fsp3) is 0.100. The summed E-state index contributed by atoms with van der Waals surface area (Å²) in [6.45, 7) is 2.57. The Bertz CT molecular complexity index is 937. The molecule has 0 spiro atoms. The topological polar surface area (TPSA) is 59.6 Å². The van der Waals surface area contributed by atoms with Crippen LogP contribution < -0.4 is 15.9 Å². The number of fused-ring (bicyclic) bond motifs is 1. The Hall–Kier alpha value is -2.92. The summed E-state index contributed by atoms with van der Waals surface area (Å²) in [6, 6.07) is 20.3. The van der Waals surface area contributed by atoms with E-state index in [9.17, 15) is 0 Å². The molecular formula is C20H19N3OS. The second kappa shape index (κ2) is 7.77. The van der Waals surface area contributed by atoms with Crippen LogP contribution in [0, 0.1) is 6.92 Å². The highest BCUT2D eigenvalue weighted by atomic mass is 32.1. The number of nitrogens with one attached hydrogen (secondary N) is 1. The molecular weight excluding hydrogens is 330 g/mol. The minimum atomic E-state index is 0.124. The number of aryl methyl sites for hydroxylation is 1. The van der Waals surface area contributed by atoms with E-state index in [-0.39, 0.29) is 5.11 Å². The van der Waals surface area contributed by atoms with Gasteiger partial charge in [0, 0.05) is 5.56 Å². The van der Waals surface area contributed by atoms with Gasteiger partial charge in [-0.25, -0.2) is 0 Å². The van der Waals surface area contributed by atoms with E-state index in [0.29, 0.717) is 6.61 Å². The Balaban J connectivity index is 1.94. The Morgan fingerprint density at radius 2 is 1.88 bits per heavy atom. The number of nitrogens with zero attached hydrogens (tertiary/aromatic N) is 1. The summed E-state index contributed by atoms with van der Waals surface area (Å²) in [7, 11) is 0. The third-order valence-electron chi connectivity index (χ3n) is 3.94. The lowest BCUT2D eigenvalue weighted by Crippen LogP contribution is -2.24. The maximum atomic E-state index is 6.09. The number of ether oxygens (including phenoxy) is 1. The van der Waals surface area contributed by atoms with Crippen LogP contribution in [0.4, 0.5) is 0 Å². The van der Waals surface area contributed by atoms with Crippen LogP contribution in [0.2, 0.25) is 0 Å². The van der Waals surface area contributed by atoms with Crippen LogP contribution in [0.15, 0.2) is 65.8 Å². The zero-order chi connectivity index (χ0) is 17.6. The first-order chi connectivity index (χ1) is 12.1. The lowest BCUT2D eigenvalue weighted by Gasteiger charge is -2.13. The van der Waals surface area contributed by atoms with Gasteiger partial charge in [-0.15, -0.1) is 0 Å². The Labute approximate surface area is 152 Å². The van der Waals surface area contributed by atoms with E-state index in [0.717, 1.165) is 27.6 Å². The van der Waals surface area contributed by atoms with Gasteiger partial charge in [0.2, 0.25) is 0 Å². The second-order valence-corrected chi connectivity index (χ2v) is 6.09. The standard InChI is InChI=1S/C20H19N3OS/c1-14-6-2-3-8-16(14)13-24-19-11-10-15-7-4-5-9-17(15)18(19)12-22-23-20(21)25/h2-12H,13H2,1H3,(H3,21,23,25)/b22-12+. The van der Waals surface area contributed by atoms with E-state index in [4.69, 9.17) is 22.7 Å². The largest absolute Gasteiger partial charge is 0.488 e. The molecule has 4 nitrogen and oxygen atoms in total. The lowest BCUT2D eigenvalue weighted by atomic mass is 10.0. The maximum Gasteiger partial charge on any atom is 0.184 e. The van der Waals surface area contributed by atoms with Crippen LogP contribution in [0.25, 0.3) is 10.8 Å². The zero-order valence-electron chi connectivity index (χ0n) is 13.9. The van der Waals surface area contributed by atoms with Gasteiger partial charge in [-0.3, -0.25) is 5.43 Å². The van der Waals surface area contributed by atoms with E-state index >= 15 is 0 Å². The van der Waals surface area contributed by atoms with Crippen LogP contribution in [0.3, 0.4) is 0 Å². The number of hydrazone groups is 1. The molecule has 0 heterocycles. The van der Waals surface area contributed by atoms with Crippen molar-refractivity contribution in [2.75, 3.05) is 0 Å². The van der Waals surface area contributed by atoms with Crippen LogP contribution in [0.5, 0.6) is 5.75 Å². The molecule has 0 atom stereocenters. The minimum Gasteiger partial charge on any atom is -0.488 e. The van der Waals surface area contributed by atoms with Gasteiger partial charge in [-0.2, -0.15) is 5.10 Å². The normalized spacial score (nSPS) is 10.9. The summed E-state index contributed by atoms with van der Waals surface area (Å²) >= 11 is 4.79. The van der Waals surface area contributed by atoms with E-state index in [1.165, 1.54) is 5.56 Å². The van der Waals surface area contributed by atoms with Crippen molar-refractivity contribution < 1.29 is 4.74 Å². The first-order valence-electron chi connectivity index (χ1n) is 7.93. The van der Waals surface area contributed by atoms with E-state index in [1.807, 2.05) is 42.5 Å². The monoisotopic (exact) mass is 349 g/mol. The Morgan fingerprint density at radius 3 is 2.68 bits per heavy atom. The summed E-state index contributed by atoms with van der Waals surface area (Å²) in [5.41, 5.74) is 11.3. The molecule has 25 heavy (non-hydrogen) atoms. The lowest BCUT2D eigenvalue weighted by molar-refractivity contribution is 0.305. The average Bonchev–Trinajstić information content (AvgIpc) is 2.61. The van der Waals surface area contributed by atoms with E-state index in [2.05, 4.69) is 35.7 Å². The SMILES string of the molecule is Cc1ccccc1COc1ccc2ccccc2c1/C=N/NC(N)=S. The number of hydrogen-bond donors (Lipinski definition) is 2. The third-order valence-corrected chi connectivity index (χ3v) is 4.03. The molecule has 3 rings (SSSR count). The van der Waals surface area contributed by atoms with Crippen molar-refractivity contribution in [3.8, 4) is 5.75 Å². The van der Waals surface area contributed by atoms with Crippen molar-refractivity contribution in [3.63, 3.8) is 0 Å². The number of nitrogens with two attached hydrogens (primary N) is 1. The zero-order valence-corrected chi connectivity index (χ0v) is 14.7. The average molecular weight is 349 g/mol. The van der Waals surface area contributed by atoms with Crippen LogP contribution in [-0.4, -0.2) is 11.3 Å². The highest BCUT2D eigenvalue weighted by Gasteiger charge is 2.08. The minimum absolute atomic E-state index is 0.124. The maximum absolute atomic E-state index is 6.09. The van der Waals surface area contributed by atoms with Gasteiger partial charge < -0.3 is 10.5 Å². The predicted octanol–water partition coefficient (Wildman–Crippen LogP) is 3.89. The molecule has 0 fully saturated rings. The van der Waals surface area contributed by atoms with Crippen molar-refractivity contribution in [2.24, 2.45) is 10.8 Å². The molecule has 0 saturated heterocycles. The number of hydrogen-bond acceptors (Lipinski definition) is 3. The van der Waals surface area contributed by atoms with E-state index in [1.54, 1.807) is 6.21 Å². The molecule has 0 aliphatic rings. The molecule has 3 aromatic carbocycles. The summed E-state index contributed by atoms with van der Waals surface area (Å²) < 4.78 is 6.09. The molecule has 0 aliphatic carbocycles. The first-order valence-corrected chi connectivity index (χ1v) is 8.33. The van der Waals surface area contributed by atoms with Gasteiger partial charge in [0.25, 0.3) is 0 Å². The van der Waals surface area contributed by atoms with E-state index < -0.39 is 0 Å². The van der Waals surface area contributed by atoms with Crippen molar-refractivity contribution in [1.29, 1.82) is 0 Å². The molecule has 0 aliphatic heterocycles. The molecule has 126 valence electrons. The molecule has 0 unspecified atom stereocenters. The molecule has 3 aromatic rings. The van der Waals surface area contributed by atoms with Crippen molar-refractivity contribution in [2.45, 2.75) is 13.5 Å². The van der Waals surface area contributed by atoms with Gasteiger partial charge in [0.1, 0.15) is 12.4 Å². The van der Waals surface area contributed by atoms with Crippen molar-refractivity contribution >= 4 is 34.3 Å². The van der Waals surface area contributed by atoms with Gasteiger partial charge in [0.05, 0.1) is 6.21 Å². The molecule has 5 heteroatoms. The Morgan fingerprint density at radius 1 is 1.12 bits per heavy atom. The van der Waals surface area contributed by atoms with Crippen molar-refractivity contribution in [3.05, 3.63) is 77.4 Å². The number of thiocarbonyl (C=S) groups is 1. The highest BCUT2D eigenvalue weighted by molar-refractivity contribution is 7.80. The summed E-state index contributed by atoms with van der Waals surface area (Å²) in [5, 5.41) is 6.39. The van der Waals surface area contributed by atoms with Gasteiger partial charge in [-0.1, -0.05) is 54.6 Å². The molecule has 0 aromatic heterocycles. The van der Waals surface area contributed by atoms with Crippen LogP contribution >= 0.6 is 12.2 Å². The predicted molar refractivity (Wildman–Crippen MR) is 107 cm³/mol. The van der Waals surface area contributed by atoms with Gasteiger partial charge in [0.15, 0.2) is 5.11 Å². The quantitative estimate of drug-likeness (QED) is 0.417. The highest BCUT2D eigenvalue weighted by Crippen LogP contribution is 2.27. The smallest absolute Gasteiger partial charge is 0.184 e. The summed E-state index contributed by atoms with van der Waals surface area (Å²) in [5.74, 6) is 0.760. The van der Waals surface area contributed by atoms with Gasteiger partial charge >= 0.3 is 0 Å².